The largest absolute Gasteiger partial charge is 0.489 e. The molecular weight excluding hydrogens is 460 g/mol. The fraction of sp³-hybridized carbons (Fsp3) is 0.545. The SMILES string of the molecule is CCCc1cc(C(CC)(CC)c2ccc(OC[C@@H]3CCC(=O)O3)c(C)c2)ccc1C=CC(O)(CC)CC. The molecule has 1 aliphatic rings. The minimum Gasteiger partial charge on any atom is -0.489 e. The van der Waals surface area contributed by atoms with Gasteiger partial charge < -0.3 is 14.6 Å². The number of benzene rings is 2. The van der Waals surface area contributed by atoms with Gasteiger partial charge in [0.15, 0.2) is 0 Å². The third kappa shape index (κ3) is 6.65. The van der Waals surface area contributed by atoms with Crippen LogP contribution in [-0.4, -0.2) is 29.4 Å². The normalized spacial score (nSPS) is 16.4. The van der Waals surface area contributed by atoms with E-state index in [1.54, 1.807) is 0 Å². The molecule has 0 amide bonds. The molecule has 0 radical (unpaired) electrons. The lowest BCUT2D eigenvalue weighted by molar-refractivity contribution is -0.142. The maximum absolute atomic E-state index is 11.4. The van der Waals surface area contributed by atoms with Crippen molar-refractivity contribution in [2.24, 2.45) is 0 Å². The molecule has 1 atom stereocenters. The highest BCUT2D eigenvalue weighted by Gasteiger charge is 2.32. The summed E-state index contributed by atoms with van der Waals surface area (Å²) in [6.07, 6.45) is 10.6. The summed E-state index contributed by atoms with van der Waals surface area (Å²) in [7, 11) is 0. The van der Waals surface area contributed by atoms with Crippen LogP contribution in [0.4, 0.5) is 0 Å². The lowest BCUT2D eigenvalue weighted by Gasteiger charge is -2.34. The molecule has 1 aliphatic heterocycles. The van der Waals surface area contributed by atoms with Crippen LogP contribution in [-0.2, 0) is 21.4 Å². The fourth-order valence-corrected chi connectivity index (χ4v) is 5.51. The van der Waals surface area contributed by atoms with E-state index in [0.29, 0.717) is 25.9 Å². The van der Waals surface area contributed by atoms with Crippen LogP contribution in [0.2, 0.25) is 0 Å². The molecule has 1 fully saturated rings. The number of hydrogen-bond acceptors (Lipinski definition) is 4. The van der Waals surface area contributed by atoms with Gasteiger partial charge in [0.25, 0.3) is 0 Å². The van der Waals surface area contributed by atoms with Crippen LogP contribution in [0.3, 0.4) is 0 Å². The van der Waals surface area contributed by atoms with Crippen molar-refractivity contribution in [1.82, 2.24) is 0 Å². The smallest absolute Gasteiger partial charge is 0.306 e. The first-order chi connectivity index (χ1) is 17.7. The predicted molar refractivity (Wildman–Crippen MR) is 152 cm³/mol. The molecular formula is C33H46O4. The van der Waals surface area contributed by atoms with Crippen LogP contribution in [0.15, 0.2) is 42.5 Å². The van der Waals surface area contributed by atoms with Gasteiger partial charge in [-0.2, -0.15) is 0 Å². The molecule has 0 saturated carbocycles. The Balaban J connectivity index is 1.92. The van der Waals surface area contributed by atoms with E-state index in [1.165, 1.54) is 22.3 Å². The molecule has 0 aromatic heterocycles. The highest BCUT2D eigenvalue weighted by Crippen LogP contribution is 2.41. The van der Waals surface area contributed by atoms with Gasteiger partial charge in [-0.05, 0) is 79.3 Å². The van der Waals surface area contributed by atoms with E-state index in [9.17, 15) is 9.90 Å². The Morgan fingerprint density at radius 1 is 1.00 bits per heavy atom. The number of hydrogen-bond donors (Lipinski definition) is 1. The van der Waals surface area contributed by atoms with Gasteiger partial charge in [-0.1, -0.05) is 83.5 Å². The van der Waals surface area contributed by atoms with Gasteiger partial charge in [-0.15, -0.1) is 0 Å². The number of esters is 1. The number of aliphatic hydroxyl groups is 1. The van der Waals surface area contributed by atoms with Crippen molar-refractivity contribution in [2.45, 2.75) is 110 Å². The summed E-state index contributed by atoms with van der Waals surface area (Å²) in [5, 5.41) is 10.8. The third-order valence-electron chi connectivity index (χ3n) is 8.34. The minimum atomic E-state index is -0.750. The Kier molecular flexibility index (Phi) is 10.0. The van der Waals surface area contributed by atoms with E-state index in [0.717, 1.165) is 43.4 Å². The first kappa shape index (κ1) is 29.0. The molecule has 0 spiro atoms. The molecule has 2 aromatic carbocycles. The third-order valence-corrected chi connectivity index (χ3v) is 8.34. The Labute approximate surface area is 224 Å². The standard InChI is InChI=1S/C33H46O4/c1-7-12-26-22-28(14-13-25(26)19-20-32(35,8-2)9-3)33(10-4,11-5)27-15-17-30(24(6)21-27)36-23-29-16-18-31(34)37-29/h13-15,17,19-22,29,35H,7-12,16,18,23H2,1-6H3/t29-/m0/s1. The molecule has 4 heteroatoms. The maximum atomic E-state index is 11.4. The summed E-state index contributed by atoms with van der Waals surface area (Å²) in [6.45, 7) is 13.3. The molecule has 4 nitrogen and oxygen atoms in total. The average molecular weight is 507 g/mol. The van der Waals surface area contributed by atoms with Crippen LogP contribution in [0.5, 0.6) is 5.75 Å². The minimum absolute atomic E-state index is 0.0947. The topological polar surface area (TPSA) is 55.8 Å². The second-order valence-corrected chi connectivity index (χ2v) is 10.5. The van der Waals surface area contributed by atoms with Crippen molar-refractivity contribution in [1.29, 1.82) is 0 Å². The maximum Gasteiger partial charge on any atom is 0.306 e. The summed E-state index contributed by atoms with van der Waals surface area (Å²) in [5.74, 6) is 0.714. The zero-order valence-corrected chi connectivity index (χ0v) is 23.7. The highest BCUT2D eigenvalue weighted by molar-refractivity contribution is 5.71. The number of cyclic esters (lactones) is 1. The van der Waals surface area contributed by atoms with Crippen molar-refractivity contribution in [3.05, 3.63) is 70.3 Å². The summed E-state index contributed by atoms with van der Waals surface area (Å²) in [6, 6.07) is 13.4. The highest BCUT2D eigenvalue weighted by atomic mass is 16.6. The molecule has 0 bridgehead atoms. The van der Waals surface area contributed by atoms with Gasteiger partial charge in [-0.25, -0.2) is 0 Å². The van der Waals surface area contributed by atoms with Crippen molar-refractivity contribution >= 4 is 12.0 Å². The van der Waals surface area contributed by atoms with Gasteiger partial charge in [0.1, 0.15) is 18.5 Å². The summed E-state index contributed by atoms with van der Waals surface area (Å²) in [5.41, 5.74) is 5.42. The molecule has 37 heavy (non-hydrogen) atoms. The lowest BCUT2D eigenvalue weighted by Crippen LogP contribution is -2.26. The van der Waals surface area contributed by atoms with Crippen LogP contribution in [0.25, 0.3) is 6.08 Å². The summed E-state index contributed by atoms with van der Waals surface area (Å²) < 4.78 is 11.3. The first-order valence-corrected chi connectivity index (χ1v) is 14.2. The van der Waals surface area contributed by atoms with Gasteiger partial charge in [-0.3, -0.25) is 4.79 Å². The number of rotatable bonds is 13. The number of carbonyl (C=O) groups excluding carboxylic acids is 1. The number of aryl methyl sites for hydroxylation is 2. The number of carbonyl (C=O) groups is 1. The van der Waals surface area contributed by atoms with Crippen LogP contribution >= 0.6 is 0 Å². The Morgan fingerprint density at radius 3 is 2.24 bits per heavy atom. The monoisotopic (exact) mass is 506 g/mol. The fourth-order valence-electron chi connectivity index (χ4n) is 5.51. The van der Waals surface area contributed by atoms with E-state index in [-0.39, 0.29) is 17.5 Å². The summed E-state index contributed by atoms with van der Waals surface area (Å²) >= 11 is 0. The summed E-state index contributed by atoms with van der Waals surface area (Å²) in [4.78, 5) is 11.4. The van der Waals surface area contributed by atoms with Crippen molar-refractivity contribution < 1.29 is 19.4 Å². The second-order valence-electron chi connectivity index (χ2n) is 10.5. The van der Waals surface area contributed by atoms with Gasteiger partial charge in [0.2, 0.25) is 0 Å². The average Bonchev–Trinajstić information content (AvgIpc) is 3.33. The van der Waals surface area contributed by atoms with Crippen LogP contribution in [0, 0.1) is 6.92 Å². The van der Waals surface area contributed by atoms with E-state index >= 15 is 0 Å². The van der Waals surface area contributed by atoms with E-state index in [2.05, 4.69) is 70.2 Å². The molecule has 1 heterocycles. The zero-order valence-electron chi connectivity index (χ0n) is 23.7. The zero-order chi connectivity index (χ0) is 27.1. The number of ether oxygens (including phenoxy) is 2. The molecule has 1 N–H and O–H groups in total. The Bertz CT molecular complexity index is 1080. The molecule has 0 aliphatic carbocycles. The van der Waals surface area contributed by atoms with Gasteiger partial charge in [0.05, 0.1) is 5.60 Å². The quantitative estimate of drug-likeness (QED) is 0.283. The van der Waals surface area contributed by atoms with Gasteiger partial charge in [0, 0.05) is 11.8 Å². The first-order valence-electron chi connectivity index (χ1n) is 14.2. The Hall–Kier alpha value is -2.59. The molecule has 3 rings (SSSR count). The van der Waals surface area contributed by atoms with E-state index < -0.39 is 5.60 Å². The Morgan fingerprint density at radius 2 is 1.68 bits per heavy atom. The van der Waals surface area contributed by atoms with Gasteiger partial charge >= 0.3 is 5.97 Å². The van der Waals surface area contributed by atoms with Crippen molar-refractivity contribution in [3.8, 4) is 5.75 Å². The van der Waals surface area contributed by atoms with Crippen molar-refractivity contribution in [3.63, 3.8) is 0 Å². The molecule has 0 unspecified atom stereocenters. The van der Waals surface area contributed by atoms with Crippen LogP contribution < -0.4 is 4.74 Å². The predicted octanol–water partition coefficient (Wildman–Crippen LogP) is 7.70. The lowest BCUT2D eigenvalue weighted by atomic mass is 9.69. The molecule has 1 saturated heterocycles. The van der Waals surface area contributed by atoms with Crippen LogP contribution in [0.1, 0.15) is 107 Å². The van der Waals surface area contributed by atoms with Crippen molar-refractivity contribution in [2.75, 3.05) is 6.61 Å². The van der Waals surface area contributed by atoms with E-state index in [4.69, 9.17) is 9.47 Å². The second kappa shape index (κ2) is 12.8. The molecule has 202 valence electrons. The molecule has 2 aromatic rings. The van der Waals surface area contributed by atoms with E-state index in [1.807, 2.05) is 19.9 Å².